The van der Waals surface area contributed by atoms with E-state index in [4.69, 9.17) is 44.3 Å². The van der Waals surface area contributed by atoms with Crippen molar-refractivity contribution in [1.29, 1.82) is 0 Å². The molecule has 1 aromatic heterocycles. The summed E-state index contributed by atoms with van der Waals surface area (Å²) < 4.78 is 10.7. The molecule has 1 aliphatic heterocycles. The first kappa shape index (κ1) is 16.9. The average molecular weight is 386 g/mol. The van der Waals surface area contributed by atoms with Crippen molar-refractivity contribution in [2.24, 2.45) is 4.99 Å². The maximum atomic E-state index is 10.5. The Morgan fingerprint density at radius 2 is 2.04 bits per heavy atom. The van der Waals surface area contributed by atoms with E-state index in [1.54, 1.807) is 18.2 Å². The van der Waals surface area contributed by atoms with Crippen LogP contribution in [0.25, 0.3) is 11.3 Å². The normalized spacial score (nSPS) is 13.9. The number of hydrogen-bond donors (Lipinski definition) is 1. The molecule has 2 aromatic rings. The van der Waals surface area contributed by atoms with Gasteiger partial charge in [0, 0.05) is 17.8 Å². The Labute approximate surface area is 153 Å². The van der Waals surface area contributed by atoms with Crippen molar-refractivity contribution in [2.45, 2.75) is 0 Å². The molecule has 5 nitrogen and oxygen atoms in total. The Morgan fingerprint density at radius 1 is 1.21 bits per heavy atom. The van der Waals surface area contributed by atoms with E-state index in [2.05, 4.69) is 9.98 Å². The second kappa shape index (κ2) is 7.30. The Kier molecular flexibility index (Phi) is 5.14. The lowest BCUT2D eigenvalue weighted by atomic mass is 10.1. The van der Waals surface area contributed by atoms with Crippen molar-refractivity contribution >= 4 is 40.7 Å². The minimum absolute atomic E-state index is 0.0804. The molecule has 0 aliphatic carbocycles. The summed E-state index contributed by atoms with van der Waals surface area (Å²) in [7, 11) is 0. The van der Waals surface area contributed by atoms with Crippen LogP contribution in [0, 0.1) is 0 Å². The van der Waals surface area contributed by atoms with Crippen molar-refractivity contribution in [3.8, 4) is 22.8 Å². The van der Waals surface area contributed by atoms with Gasteiger partial charge in [-0.1, -0.05) is 34.8 Å². The lowest BCUT2D eigenvalue weighted by molar-refractivity contribution is 0.348. The number of aromatic nitrogens is 1. The van der Waals surface area contributed by atoms with Crippen molar-refractivity contribution in [2.75, 3.05) is 13.2 Å². The highest BCUT2D eigenvalue weighted by molar-refractivity contribution is 6.36. The molecule has 3 rings (SSSR count). The molecule has 0 bridgehead atoms. The SMILES string of the molecule is Oc1c(-c2ncc(Cl)cc2Cl)ccc(Cl)c1OC=CC1=NCCO1. The van der Waals surface area contributed by atoms with Crippen molar-refractivity contribution in [3.63, 3.8) is 0 Å². The highest BCUT2D eigenvalue weighted by Gasteiger charge is 2.17. The summed E-state index contributed by atoms with van der Waals surface area (Å²) in [5, 5.41) is 11.4. The molecule has 2 heterocycles. The molecule has 0 fully saturated rings. The van der Waals surface area contributed by atoms with Crippen LogP contribution in [0.2, 0.25) is 15.1 Å². The van der Waals surface area contributed by atoms with Crippen LogP contribution in [0.3, 0.4) is 0 Å². The van der Waals surface area contributed by atoms with Crippen LogP contribution < -0.4 is 4.74 Å². The molecule has 0 unspecified atom stereocenters. The standard InChI is InChI=1S/C16H11Cl3N2O3/c17-9-7-12(19)14(21-8-9)10-1-2-11(18)16(15(10)22)24-5-3-13-20-4-6-23-13/h1-3,5,7-8,22H,4,6H2. The fourth-order valence-electron chi connectivity index (χ4n) is 2.08. The maximum Gasteiger partial charge on any atom is 0.211 e. The number of benzene rings is 1. The minimum Gasteiger partial charge on any atom is -0.504 e. The summed E-state index contributed by atoms with van der Waals surface area (Å²) in [5.74, 6) is 0.360. The number of phenolic OH excluding ortho intramolecular Hbond substituents is 1. The molecular formula is C16H11Cl3N2O3. The van der Waals surface area contributed by atoms with E-state index in [1.165, 1.54) is 18.5 Å². The highest BCUT2D eigenvalue weighted by Crippen LogP contribution is 2.43. The van der Waals surface area contributed by atoms with Crippen LogP contribution in [0.4, 0.5) is 0 Å². The van der Waals surface area contributed by atoms with Crippen molar-refractivity contribution in [1.82, 2.24) is 4.98 Å². The van der Waals surface area contributed by atoms with E-state index in [0.717, 1.165) is 0 Å². The molecule has 24 heavy (non-hydrogen) atoms. The molecule has 0 amide bonds. The molecule has 0 atom stereocenters. The van der Waals surface area contributed by atoms with E-state index < -0.39 is 0 Å². The number of pyridine rings is 1. The van der Waals surface area contributed by atoms with Gasteiger partial charge in [0.1, 0.15) is 6.61 Å². The number of hydrogen-bond acceptors (Lipinski definition) is 5. The van der Waals surface area contributed by atoms with Gasteiger partial charge in [0.2, 0.25) is 5.90 Å². The molecular weight excluding hydrogens is 375 g/mol. The Hall–Kier alpha value is -1.95. The molecule has 0 radical (unpaired) electrons. The lowest BCUT2D eigenvalue weighted by Gasteiger charge is -2.11. The first-order valence-corrected chi connectivity index (χ1v) is 8.03. The first-order valence-electron chi connectivity index (χ1n) is 6.89. The van der Waals surface area contributed by atoms with Crippen molar-refractivity contribution in [3.05, 3.63) is 51.8 Å². The third-order valence-corrected chi connectivity index (χ3v) is 3.94. The molecule has 0 saturated heterocycles. The summed E-state index contributed by atoms with van der Waals surface area (Å²) in [6, 6.07) is 4.71. The van der Waals surface area contributed by atoms with Crippen LogP contribution in [-0.2, 0) is 4.74 Å². The van der Waals surface area contributed by atoms with E-state index in [0.29, 0.717) is 40.4 Å². The zero-order valence-electron chi connectivity index (χ0n) is 12.2. The first-order chi connectivity index (χ1) is 11.6. The Bertz CT molecular complexity index is 838. The predicted molar refractivity (Wildman–Crippen MR) is 94.4 cm³/mol. The number of ether oxygens (including phenoxy) is 2. The monoisotopic (exact) mass is 384 g/mol. The van der Waals surface area contributed by atoms with Crippen LogP contribution >= 0.6 is 34.8 Å². The summed E-state index contributed by atoms with van der Waals surface area (Å²) in [5.41, 5.74) is 0.742. The quantitative estimate of drug-likeness (QED) is 0.772. The third-order valence-electron chi connectivity index (χ3n) is 3.15. The van der Waals surface area contributed by atoms with Gasteiger partial charge in [-0.05, 0) is 18.2 Å². The van der Waals surface area contributed by atoms with Gasteiger partial charge in [0.15, 0.2) is 11.5 Å². The molecule has 1 aliphatic rings. The minimum atomic E-state index is -0.182. The predicted octanol–water partition coefficient (Wildman–Crippen LogP) is 4.74. The van der Waals surface area contributed by atoms with Crippen LogP contribution in [0.15, 0.2) is 41.7 Å². The van der Waals surface area contributed by atoms with Crippen LogP contribution in [0.1, 0.15) is 0 Å². The molecule has 1 aromatic carbocycles. The third kappa shape index (κ3) is 3.59. The number of rotatable bonds is 4. The lowest BCUT2D eigenvalue weighted by Crippen LogP contribution is -1.95. The van der Waals surface area contributed by atoms with Crippen molar-refractivity contribution < 1.29 is 14.6 Å². The molecule has 0 saturated carbocycles. The van der Waals surface area contributed by atoms with E-state index >= 15 is 0 Å². The van der Waals surface area contributed by atoms with Gasteiger partial charge in [-0.2, -0.15) is 0 Å². The number of aromatic hydroxyl groups is 1. The number of aliphatic imine (C=N–C) groups is 1. The van der Waals surface area contributed by atoms with Gasteiger partial charge in [-0.15, -0.1) is 0 Å². The zero-order chi connectivity index (χ0) is 17.1. The van der Waals surface area contributed by atoms with E-state index in [-0.39, 0.29) is 16.5 Å². The smallest absolute Gasteiger partial charge is 0.211 e. The Balaban J connectivity index is 1.92. The van der Waals surface area contributed by atoms with Gasteiger partial charge in [0.05, 0.1) is 33.6 Å². The Morgan fingerprint density at radius 3 is 2.75 bits per heavy atom. The van der Waals surface area contributed by atoms with Crippen LogP contribution in [-0.4, -0.2) is 29.1 Å². The number of halogens is 3. The molecule has 124 valence electrons. The second-order valence-electron chi connectivity index (χ2n) is 4.75. The van der Waals surface area contributed by atoms with Gasteiger partial charge < -0.3 is 14.6 Å². The van der Waals surface area contributed by atoms with Crippen LogP contribution in [0.5, 0.6) is 11.5 Å². The van der Waals surface area contributed by atoms with Gasteiger partial charge in [-0.25, -0.2) is 4.99 Å². The highest BCUT2D eigenvalue weighted by atomic mass is 35.5. The zero-order valence-corrected chi connectivity index (χ0v) is 14.4. The van der Waals surface area contributed by atoms with Gasteiger partial charge >= 0.3 is 0 Å². The average Bonchev–Trinajstić information content (AvgIpc) is 3.05. The topological polar surface area (TPSA) is 63.9 Å². The largest absolute Gasteiger partial charge is 0.504 e. The summed E-state index contributed by atoms with van der Waals surface area (Å²) >= 11 is 18.1. The molecule has 1 N–H and O–H groups in total. The second-order valence-corrected chi connectivity index (χ2v) is 6.00. The summed E-state index contributed by atoms with van der Waals surface area (Å²) in [4.78, 5) is 8.23. The van der Waals surface area contributed by atoms with E-state index in [1.807, 2.05) is 0 Å². The van der Waals surface area contributed by atoms with Gasteiger partial charge in [-0.3, -0.25) is 4.98 Å². The summed E-state index contributed by atoms with van der Waals surface area (Å²) in [6.45, 7) is 1.16. The van der Waals surface area contributed by atoms with E-state index in [9.17, 15) is 5.11 Å². The number of nitrogens with zero attached hydrogens (tertiary/aromatic N) is 2. The molecule has 0 spiro atoms. The maximum absolute atomic E-state index is 10.5. The number of phenols is 1. The fourth-order valence-corrected chi connectivity index (χ4v) is 2.75. The summed E-state index contributed by atoms with van der Waals surface area (Å²) in [6.07, 6.45) is 4.32. The van der Waals surface area contributed by atoms with Gasteiger partial charge in [0.25, 0.3) is 0 Å². The fraction of sp³-hybridized carbons (Fsp3) is 0.125. The molecule has 8 heteroatoms.